The quantitative estimate of drug-likeness (QED) is 0.0877. The molecule has 60 heavy (non-hydrogen) atoms. The van der Waals surface area contributed by atoms with Gasteiger partial charge in [0.15, 0.2) is 17.3 Å². The Labute approximate surface area is 369 Å². The van der Waals surface area contributed by atoms with Crippen molar-refractivity contribution in [2.45, 2.75) is 0 Å². The van der Waals surface area contributed by atoms with Gasteiger partial charge in [0.25, 0.3) is 11.8 Å². The summed E-state index contributed by atoms with van der Waals surface area (Å²) in [6, 6.07) is 42.6. The normalized spacial score (nSPS) is 12.0. The smallest absolute Gasteiger partial charge is 0.259 e. The number of carbonyl (C=O) groups is 3. The van der Waals surface area contributed by atoms with Crippen molar-refractivity contribution in [2.24, 2.45) is 20.5 Å². The number of fused-ring (bicyclic) bond motifs is 5. The number of amides is 2. The van der Waals surface area contributed by atoms with E-state index in [-0.39, 0.29) is 39.8 Å². The molecule has 1 aliphatic rings. The topological polar surface area (TPSA) is 165 Å². The average molecular weight is 1010 g/mol. The van der Waals surface area contributed by atoms with Gasteiger partial charge < -0.3 is 20.8 Å². The number of anilines is 2. The van der Waals surface area contributed by atoms with Gasteiger partial charge in [-0.2, -0.15) is 10.2 Å². The van der Waals surface area contributed by atoms with Gasteiger partial charge in [-0.3, -0.25) is 14.4 Å². The number of hydrogen-bond donors (Lipinski definition) is 4. The van der Waals surface area contributed by atoms with Gasteiger partial charge in [-0.15, -0.1) is 10.2 Å². The molecule has 0 unspecified atom stereocenters. The van der Waals surface area contributed by atoms with E-state index in [1.54, 1.807) is 97.1 Å². The van der Waals surface area contributed by atoms with Crippen LogP contribution in [-0.4, -0.2) is 27.8 Å². The minimum Gasteiger partial charge on any atom is -0.505 e. The highest BCUT2D eigenvalue weighted by Gasteiger charge is 2.28. The maximum absolute atomic E-state index is 13.9. The van der Waals surface area contributed by atoms with Crippen molar-refractivity contribution in [1.29, 1.82) is 0 Å². The molecular weight excluding hydrogens is 982 g/mol. The van der Waals surface area contributed by atoms with E-state index in [0.29, 0.717) is 66.5 Å². The summed E-state index contributed by atoms with van der Waals surface area (Å²) in [4.78, 5) is 40.6. The van der Waals surface area contributed by atoms with Crippen LogP contribution in [0.4, 0.5) is 34.1 Å². The Morgan fingerprint density at radius 3 is 1.28 bits per heavy atom. The minimum absolute atomic E-state index is 0.0354. The molecule has 11 nitrogen and oxygen atoms in total. The monoisotopic (exact) mass is 1010 g/mol. The van der Waals surface area contributed by atoms with E-state index in [4.69, 9.17) is 0 Å². The molecule has 0 bridgehead atoms. The van der Waals surface area contributed by atoms with E-state index in [0.717, 1.165) is 7.14 Å². The Balaban J connectivity index is 0.989. The summed E-state index contributed by atoms with van der Waals surface area (Å²) in [6.07, 6.45) is 0. The van der Waals surface area contributed by atoms with Crippen molar-refractivity contribution < 1.29 is 24.6 Å². The number of carbonyl (C=O) groups excluding carboxylic acids is 3. The molecule has 2 amide bonds. The number of halogens is 2. The largest absolute Gasteiger partial charge is 0.505 e. The van der Waals surface area contributed by atoms with Gasteiger partial charge in [0.05, 0.1) is 22.5 Å². The maximum atomic E-state index is 13.9. The molecule has 0 aromatic heterocycles. The Hall–Kier alpha value is -6.85. The fraction of sp³-hybridized carbons (Fsp3) is 0. The highest BCUT2D eigenvalue weighted by molar-refractivity contribution is 14.1. The lowest BCUT2D eigenvalue weighted by Crippen LogP contribution is -2.12. The predicted molar refractivity (Wildman–Crippen MR) is 249 cm³/mol. The summed E-state index contributed by atoms with van der Waals surface area (Å²) in [5.41, 5.74) is 4.40. The van der Waals surface area contributed by atoms with Gasteiger partial charge in [-0.25, -0.2) is 0 Å². The van der Waals surface area contributed by atoms with Crippen LogP contribution in [0, 0.1) is 7.14 Å². The van der Waals surface area contributed by atoms with Crippen LogP contribution in [0.5, 0.6) is 11.5 Å². The lowest BCUT2D eigenvalue weighted by atomic mass is 10.0. The molecule has 4 N–H and O–H groups in total. The van der Waals surface area contributed by atoms with Crippen molar-refractivity contribution in [3.05, 3.63) is 175 Å². The van der Waals surface area contributed by atoms with Gasteiger partial charge in [-0.05, 0) is 152 Å². The molecule has 8 aromatic carbocycles. The second-order valence-electron chi connectivity index (χ2n) is 13.8. The summed E-state index contributed by atoms with van der Waals surface area (Å²) < 4.78 is 2.03. The number of ketones is 1. The van der Waals surface area contributed by atoms with E-state index < -0.39 is 11.8 Å². The third kappa shape index (κ3) is 7.48. The van der Waals surface area contributed by atoms with Gasteiger partial charge in [0, 0.05) is 40.4 Å². The van der Waals surface area contributed by atoms with Gasteiger partial charge in [0.2, 0.25) is 0 Å². The lowest BCUT2D eigenvalue weighted by Gasteiger charge is -2.11. The zero-order valence-electron chi connectivity index (χ0n) is 31.0. The van der Waals surface area contributed by atoms with Crippen molar-refractivity contribution in [3.63, 3.8) is 0 Å². The number of phenols is 2. The average Bonchev–Trinajstić information content (AvgIpc) is 3.53. The van der Waals surface area contributed by atoms with E-state index in [9.17, 15) is 24.6 Å². The standard InChI is InChI=1S/C47H28I2N6O5/c48-27-9-13-29(14-10-27)50-46(59)39-21-25-5-1-3-7-33(25)41(44(39)57)54-52-31-17-19-35-36-20-18-32(24-38(36)43(56)37(35)23-31)53-55-42-34-8-4-2-6-26(34)22-40(45(42)58)47(60)51-30-15-11-28(49)12-16-30/h1-24,57-58H,(H,50,59)(H,51,60)/b54-52+,55-53+. The van der Waals surface area contributed by atoms with E-state index >= 15 is 0 Å². The molecule has 0 radical (unpaired) electrons. The van der Waals surface area contributed by atoms with E-state index in [2.05, 4.69) is 76.3 Å². The van der Waals surface area contributed by atoms with Crippen LogP contribution in [0.1, 0.15) is 36.6 Å². The number of phenolic OH excluding ortho intramolecular Hbond substituents is 2. The lowest BCUT2D eigenvalue weighted by molar-refractivity contribution is 0.101. The molecule has 0 saturated carbocycles. The fourth-order valence-corrected chi connectivity index (χ4v) is 7.76. The van der Waals surface area contributed by atoms with Crippen LogP contribution < -0.4 is 10.6 Å². The Morgan fingerprint density at radius 1 is 0.467 bits per heavy atom. The van der Waals surface area contributed by atoms with Gasteiger partial charge in [0.1, 0.15) is 11.4 Å². The third-order valence-electron chi connectivity index (χ3n) is 10.0. The summed E-state index contributed by atoms with van der Waals surface area (Å²) in [5.74, 6) is -1.92. The second-order valence-corrected chi connectivity index (χ2v) is 16.3. The number of nitrogens with zero attached hydrogens (tertiary/aromatic N) is 4. The molecule has 13 heteroatoms. The first-order chi connectivity index (χ1) is 29.1. The number of nitrogens with one attached hydrogen (secondary N) is 2. The molecule has 1 aliphatic carbocycles. The minimum atomic E-state index is -0.504. The summed E-state index contributed by atoms with van der Waals surface area (Å²) >= 11 is 4.36. The van der Waals surface area contributed by atoms with Crippen LogP contribution >= 0.6 is 45.2 Å². The number of hydrogen-bond acceptors (Lipinski definition) is 9. The van der Waals surface area contributed by atoms with Crippen LogP contribution in [0.15, 0.2) is 166 Å². The number of azo groups is 2. The molecule has 9 rings (SSSR count). The van der Waals surface area contributed by atoms with E-state index in [1.165, 1.54) is 0 Å². The molecule has 0 saturated heterocycles. The third-order valence-corrected chi connectivity index (χ3v) is 11.4. The van der Waals surface area contributed by atoms with Crippen LogP contribution in [-0.2, 0) is 0 Å². The Bertz CT molecular complexity index is 2940. The summed E-state index contributed by atoms with van der Waals surface area (Å²) in [6.45, 7) is 0. The molecule has 0 spiro atoms. The molecule has 0 heterocycles. The van der Waals surface area contributed by atoms with Gasteiger partial charge >= 0.3 is 0 Å². The summed E-state index contributed by atoms with van der Waals surface area (Å²) in [7, 11) is 0. The van der Waals surface area contributed by atoms with Crippen molar-refractivity contribution in [2.75, 3.05) is 10.6 Å². The maximum Gasteiger partial charge on any atom is 0.259 e. The van der Waals surface area contributed by atoms with Crippen molar-refractivity contribution >= 4 is 118 Å². The fourth-order valence-electron chi connectivity index (χ4n) is 7.04. The zero-order valence-corrected chi connectivity index (χ0v) is 35.3. The molecular formula is C47H28I2N6O5. The first-order valence-electron chi connectivity index (χ1n) is 18.4. The molecule has 8 aromatic rings. The van der Waals surface area contributed by atoms with Crippen LogP contribution in [0.25, 0.3) is 32.7 Å². The predicted octanol–water partition coefficient (Wildman–Crippen LogP) is 13.2. The number of benzene rings is 8. The summed E-state index contributed by atoms with van der Waals surface area (Å²) in [5, 5.41) is 48.6. The number of aromatic hydroxyl groups is 2. The van der Waals surface area contributed by atoms with Crippen molar-refractivity contribution in [3.8, 4) is 22.6 Å². The first-order valence-corrected chi connectivity index (χ1v) is 20.6. The van der Waals surface area contributed by atoms with Crippen LogP contribution in [0.2, 0.25) is 0 Å². The molecule has 0 fully saturated rings. The molecule has 0 atom stereocenters. The highest BCUT2D eigenvalue weighted by Crippen LogP contribution is 2.44. The SMILES string of the molecule is O=C1c2cc(/N=N/c3c(O)c(C(=O)Nc4ccc(I)cc4)cc4ccccc34)ccc2-c2ccc(/N=N/c3c(O)c(C(=O)Nc4ccc(I)cc4)cc4ccccc34)cc21. The first kappa shape index (κ1) is 38.7. The number of rotatable bonds is 8. The Morgan fingerprint density at radius 2 is 0.867 bits per heavy atom. The van der Waals surface area contributed by atoms with E-state index in [1.807, 2.05) is 48.5 Å². The van der Waals surface area contributed by atoms with Gasteiger partial charge in [-0.1, -0.05) is 60.7 Å². The zero-order chi connectivity index (χ0) is 41.5. The Kier molecular flexibility index (Phi) is 10.4. The molecule has 290 valence electrons. The van der Waals surface area contributed by atoms with Crippen molar-refractivity contribution in [1.82, 2.24) is 0 Å². The molecule has 0 aliphatic heterocycles. The van der Waals surface area contributed by atoms with Crippen LogP contribution in [0.3, 0.4) is 0 Å². The second kappa shape index (κ2) is 16.1. The highest BCUT2D eigenvalue weighted by atomic mass is 127.